The van der Waals surface area contributed by atoms with E-state index >= 15 is 0 Å². The van der Waals surface area contributed by atoms with Gasteiger partial charge in [-0.3, -0.25) is 4.68 Å². The molecular formula is C21H25F3N2O3S. The Hall–Kier alpha value is -1.87. The minimum atomic E-state index is -4.78. The van der Waals surface area contributed by atoms with Gasteiger partial charge in [0.15, 0.2) is 9.84 Å². The average molecular weight is 443 g/mol. The number of rotatable bonds is 5. The Balaban J connectivity index is 1.61. The maximum absolute atomic E-state index is 13.8. The third-order valence-electron chi connectivity index (χ3n) is 6.09. The number of ether oxygens (including phenoxy) is 1. The zero-order chi connectivity index (χ0) is 21.5. The van der Waals surface area contributed by atoms with E-state index in [4.69, 9.17) is 4.74 Å². The lowest BCUT2D eigenvalue weighted by Crippen LogP contribution is -2.24. The molecule has 0 saturated heterocycles. The van der Waals surface area contributed by atoms with Gasteiger partial charge in [0.25, 0.3) is 0 Å². The fourth-order valence-corrected chi connectivity index (χ4v) is 6.54. The summed E-state index contributed by atoms with van der Waals surface area (Å²) in [7, 11) is -2.47. The molecule has 2 fully saturated rings. The van der Waals surface area contributed by atoms with E-state index in [1.54, 1.807) is 13.2 Å². The monoisotopic (exact) mass is 442 g/mol. The van der Waals surface area contributed by atoms with Crippen LogP contribution in [0.3, 0.4) is 0 Å². The first kappa shape index (κ1) is 21.4. The summed E-state index contributed by atoms with van der Waals surface area (Å²) in [4.78, 5) is -0.644. The van der Waals surface area contributed by atoms with E-state index in [1.165, 1.54) is 16.9 Å². The first-order valence-electron chi connectivity index (χ1n) is 10.2. The van der Waals surface area contributed by atoms with Crippen molar-refractivity contribution in [2.24, 2.45) is 7.05 Å². The van der Waals surface area contributed by atoms with Crippen LogP contribution >= 0.6 is 0 Å². The van der Waals surface area contributed by atoms with Gasteiger partial charge in [-0.1, -0.05) is 18.9 Å². The Morgan fingerprint density at radius 1 is 1.07 bits per heavy atom. The molecule has 5 nitrogen and oxygen atoms in total. The van der Waals surface area contributed by atoms with Crippen LogP contribution in [0, 0.1) is 0 Å². The quantitative estimate of drug-likeness (QED) is 0.670. The van der Waals surface area contributed by atoms with Crippen molar-refractivity contribution in [3.63, 3.8) is 0 Å². The van der Waals surface area contributed by atoms with E-state index in [0.717, 1.165) is 37.8 Å². The lowest BCUT2D eigenvalue weighted by atomic mass is 10.1. The van der Waals surface area contributed by atoms with Crippen molar-refractivity contribution < 1.29 is 26.3 Å². The Labute approximate surface area is 174 Å². The maximum Gasteiger partial charge on any atom is 0.417 e. The summed E-state index contributed by atoms with van der Waals surface area (Å²) in [6.07, 6.45) is 3.52. The van der Waals surface area contributed by atoms with E-state index in [-0.39, 0.29) is 24.2 Å². The summed E-state index contributed by atoms with van der Waals surface area (Å²) in [5.74, 6) is 0. The molecule has 2 atom stereocenters. The molecular weight excluding hydrogens is 417 g/mol. The van der Waals surface area contributed by atoms with Crippen LogP contribution in [-0.4, -0.2) is 35.7 Å². The molecule has 2 saturated carbocycles. The summed E-state index contributed by atoms with van der Waals surface area (Å²) in [6.45, 7) is 0. The topological polar surface area (TPSA) is 61.2 Å². The minimum absolute atomic E-state index is 0.154. The Bertz CT molecular complexity index is 1010. The fourth-order valence-electron chi connectivity index (χ4n) is 4.53. The van der Waals surface area contributed by atoms with Crippen molar-refractivity contribution in [2.45, 2.75) is 73.5 Å². The highest BCUT2D eigenvalue weighted by molar-refractivity contribution is 7.92. The Kier molecular flexibility index (Phi) is 5.69. The lowest BCUT2D eigenvalue weighted by Gasteiger charge is -2.19. The highest BCUT2D eigenvalue weighted by atomic mass is 32.2. The number of benzene rings is 1. The van der Waals surface area contributed by atoms with Gasteiger partial charge < -0.3 is 4.74 Å². The van der Waals surface area contributed by atoms with E-state index in [1.807, 2.05) is 0 Å². The van der Waals surface area contributed by atoms with Gasteiger partial charge in [0.1, 0.15) is 0 Å². The number of sulfone groups is 1. The SMILES string of the molecule is Cn1cc(-c2ccc(S(=O)(=O)[C@H]3CC[C@H](OC4CCCC4)C3)c(C(F)(F)F)c2)cn1. The molecule has 2 aromatic rings. The first-order valence-corrected chi connectivity index (χ1v) is 11.8. The molecule has 1 aromatic carbocycles. The molecule has 0 spiro atoms. The molecule has 2 aliphatic rings. The van der Waals surface area contributed by atoms with E-state index in [2.05, 4.69) is 5.10 Å². The van der Waals surface area contributed by atoms with Crippen LogP contribution in [0.1, 0.15) is 50.5 Å². The normalized spacial score (nSPS) is 23.3. The Morgan fingerprint density at radius 3 is 2.43 bits per heavy atom. The third kappa shape index (κ3) is 4.27. The van der Waals surface area contributed by atoms with Crippen molar-refractivity contribution >= 4 is 9.84 Å². The van der Waals surface area contributed by atoms with Crippen LogP contribution < -0.4 is 0 Å². The largest absolute Gasteiger partial charge is 0.417 e. The molecule has 9 heteroatoms. The number of aryl methyl sites for hydroxylation is 1. The highest BCUT2D eigenvalue weighted by Crippen LogP contribution is 2.41. The molecule has 2 aliphatic carbocycles. The van der Waals surface area contributed by atoms with Crippen LogP contribution in [0.5, 0.6) is 0 Å². The van der Waals surface area contributed by atoms with Crippen LogP contribution in [-0.2, 0) is 27.8 Å². The van der Waals surface area contributed by atoms with Crippen LogP contribution in [0.15, 0.2) is 35.5 Å². The first-order chi connectivity index (χ1) is 14.1. The zero-order valence-corrected chi connectivity index (χ0v) is 17.5. The summed E-state index contributed by atoms with van der Waals surface area (Å²) < 4.78 is 75.2. The van der Waals surface area contributed by atoms with Crippen molar-refractivity contribution in [3.05, 3.63) is 36.2 Å². The second-order valence-electron chi connectivity index (χ2n) is 8.26. The Morgan fingerprint density at radius 2 is 1.80 bits per heavy atom. The highest BCUT2D eigenvalue weighted by Gasteiger charge is 2.43. The van der Waals surface area contributed by atoms with Gasteiger partial charge in [-0.05, 0) is 49.8 Å². The smallest absolute Gasteiger partial charge is 0.375 e. The predicted molar refractivity (Wildman–Crippen MR) is 106 cm³/mol. The molecule has 0 unspecified atom stereocenters. The molecule has 0 radical (unpaired) electrons. The molecule has 1 aromatic heterocycles. The third-order valence-corrected chi connectivity index (χ3v) is 8.37. The van der Waals surface area contributed by atoms with Crippen molar-refractivity contribution in [2.75, 3.05) is 0 Å². The van der Waals surface area contributed by atoms with E-state index < -0.39 is 31.7 Å². The molecule has 1 heterocycles. The second-order valence-corrected chi connectivity index (χ2v) is 10.5. The fraction of sp³-hybridized carbons (Fsp3) is 0.571. The van der Waals surface area contributed by atoms with E-state index in [9.17, 15) is 21.6 Å². The van der Waals surface area contributed by atoms with Crippen LogP contribution in [0.25, 0.3) is 11.1 Å². The van der Waals surface area contributed by atoms with Gasteiger partial charge in [0.05, 0.1) is 34.1 Å². The molecule has 30 heavy (non-hydrogen) atoms. The van der Waals surface area contributed by atoms with Crippen LogP contribution in [0.2, 0.25) is 0 Å². The van der Waals surface area contributed by atoms with Gasteiger partial charge in [-0.2, -0.15) is 18.3 Å². The van der Waals surface area contributed by atoms with Crippen molar-refractivity contribution in [1.82, 2.24) is 9.78 Å². The number of aromatic nitrogens is 2. The molecule has 0 bridgehead atoms. The van der Waals surface area contributed by atoms with Crippen molar-refractivity contribution in [1.29, 1.82) is 0 Å². The van der Waals surface area contributed by atoms with Gasteiger partial charge in [-0.25, -0.2) is 8.42 Å². The van der Waals surface area contributed by atoms with Gasteiger partial charge in [0.2, 0.25) is 0 Å². The van der Waals surface area contributed by atoms with Gasteiger partial charge in [0, 0.05) is 18.8 Å². The maximum atomic E-state index is 13.8. The number of hydrogen-bond donors (Lipinski definition) is 0. The number of halogens is 3. The van der Waals surface area contributed by atoms with Crippen molar-refractivity contribution in [3.8, 4) is 11.1 Å². The number of alkyl halides is 3. The average Bonchev–Trinajstić information content (AvgIpc) is 3.43. The summed E-state index contributed by atoms with van der Waals surface area (Å²) in [5, 5.41) is 3.12. The second kappa shape index (κ2) is 8.00. The molecule has 0 aliphatic heterocycles. The van der Waals surface area contributed by atoms with Crippen LogP contribution in [0.4, 0.5) is 13.2 Å². The number of hydrogen-bond acceptors (Lipinski definition) is 4. The number of nitrogens with zero attached hydrogens (tertiary/aromatic N) is 2. The predicted octanol–water partition coefficient (Wildman–Crippen LogP) is 4.76. The standard InChI is InChI=1S/C21H25F3N2O3S/c1-26-13-15(12-25-26)14-6-9-20(19(10-14)21(22,23)24)30(27,28)18-8-7-17(11-18)29-16-4-2-3-5-16/h6,9-10,12-13,16-18H,2-5,7-8,11H2,1H3/t17-,18-/m0/s1. The molecule has 4 rings (SSSR count). The minimum Gasteiger partial charge on any atom is -0.375 e. The molecule has 0 amide bonds. The summed E-state index contributed by atoms with van der Waals surface area (Å²) in [5.41, 5.74) is -0.343. The summed E-state index contributed by atoms with van der Waals surface area (Å²) in [6, 6.07) is 3.41. The molecule has 164 valence electrons. The van der Waals surface area contributed by atoms with Gasteiger partial charge in [-0.15, -0.1) is 0 Å². The lowest BCUT2D eigenvalue weighted by molar-refractivity contribution is -0.139. The van der Waals surface area contributed by atoms with Gasteiger partial charge >= 0.3 is 6.18 Å². The van der Waals surface area contributed by atoms with E-state index in [0.29, 0.717) is 18.4 Å². The zero-order valence-electron chi connectivity index (χ0n) is 16.7. The molecule has 0 N–H and O–H groups in total. The summed E-state index contributed by atoms with van der Waals surface area (Å²) >= 11 is 0.